The summed E-state index contributed by atoms with van der Waals surface area (Å²) in [4.78, 5) is 0. The predicted octanol–water partition coefficient (Wildman–Crippen LogP) is 6.62. The zero-order valence-electron chi connectivity index (χ0n) is 14.8. The fraction of sp³-hybridized carbons (Fsp3) is 0.364. The highest BCUT2D eigenvalue weighted by molar-refractivity contribution is 5.71. The molecule has 0 spiro atoms. The first-order chi connectivity index (χ1) is 12.1. The fourth-order valence-electron chi connectivity index (χ4n) is 3.60. The fourth-order valence-corrected chi connectivity index (χ4v) is 3.60. The summed E-state index contributed by atoms with van der Waals surface area (Å²) in [6, 6.07) is 10.7. The van der Waals surface area contributed by atoms with Gasteiger partial charge in [0.15, 0.2) is 11.6 Å². The third kappa shape index (κ3) is 3.76. The van der Waals surface area contributed by atoms with E-state index in [0.717, 1.165) is 18.8 Å². The number of methoxy groups -OCH3 is 1. The zero-order chi connectivity index (χ0) is 17.8. The highest BCUT2D eigenvalue weighted by Gasteiger charge is 2.17. The third-order valence-corrected chi connectivity index (χ3v) is 5.05. The minimum atomic E-state index is -0.943. The van der Waals surface area contributed by atoms with Crippen LogP contribution in [-0.4, -0.2) is 7.11 Å². The SMILES string of the molecule is CCCC1CC=C(c2ccc(-c3ccc(OC)c(F)c3F)cc2)CC1. The Balaban J connectivity index is 1.81. The maximum atomic E-state index is 14.2. The summed E-state index contributed by atoms with van der Waals surface area (Å²) in [5.74, 6) is -1.08. The van der Waals surface area contributed by atoms with Crippen LogP contribution in [0.3, 0.4) is 0 Å². The smallest absolute Gasteiger partial charge is 0.201 e. The van der Waals surface area contributed by atoms with Crippen molar-refractivity contribution in [3.63, 3.8) is 0 Å². The summed E-state index contributed by atoms with van der Waals surface area (Å²) in [6.07, 6.45) is 8.35. The van der Waals surface area contributed by atoms with Gasteiger partial charge in [0.05, 0.1) is 7.11 Å². The molecule has 25 heavy (non-hydrogen) atoms. The molecule has 0 bridgehead atoms. The van der Waals surface area contributed by atoms with Crippen LogP contribution in [0.25, 0.3) is 16.7 Å². The van der Waals surface area contributed by atoms with Gasteiger partial charge in [0.1, 0.15) is 0 Å². The molecule has 1 unspecified atom stereocenters. The highest BCUT2D eigenvalue weighted by Crippen LogP contribution is 2.34. The largest absolute Gasteiger partial charge is 0.494 e. The molecular weight excluding hydrogens is 318 g/mol. The van der Waals surface area contributed by atoms with Crippen LogP contribution in [0, 0.1) is 17.6 Å². The second kappa shape index (κ2) is 7.81. The number of halogens is 2. The lowest BCUT2D eigenvalue weighted by molar-refractivity contribution is 0.372. The van der Waals surface area contributed by atoms with E-state index in [2.05, 4.69) is 13.0 Å². The molecular formula is C22H24F2O. The highest BCUT2D eigenvalue weighted by atomic mass is 19.2. The average molecular weight is 342 g/mol. The molecule has 0 aliphatic heterocycles. The van der Waals surface area contributed by atoms with E-state index in [1.807, 2.05) is 24.3 Å². The Hall–Kier alpha value is -2.16. The van der Waals surface area contributed by atoms with Crippen molar-refractivity contribution in [1.29, 1.82) is 0 Å². The van der Waals surface area contributed by atoms with Gasteiger partial charge < -0.3 is 4.74 Å². The van der Waals surface area contributed by atoms with E-state index in [4.69, 9.17) is 4.74 Å². The van der Waals surface area contributed by atoms with Gasteiger partial charge in [-0.1, -0.05) is 50.1 Å². The number of hydrogen-bond acceptors (Lipinski definition) is 1. The molecule has 0 radical (unpaired) electrons. The van der Waals surface area contributed by atoms with Crippen LogP contribution in [0.2, 0.25) is 0 Å². The summed E-state index contributed by atoms with van der Waals surface area (Å²) in [5.41, 5.74) is 3.46. The topological polar surface area (TPSA) is 9.23 Å². The molecule has 1 nitrogen and oxygen atoms in total. The molecule has 0 saturated heterocycles. The molecule has 132 valence electrons. The first-order valence-corrected chi connectivity index (χ1v) is 8.95. The summed E-state index contributed by atoms with van der Waals surface area (Å²) < 4.78 is 33.0. The summed E-state index contributed by atoms with van der Waals surface area (Å²) in [6.45, 7) is 2.24. The maximum Gasteiger partial charge on any atom is 0.201 e. The molecule has 1 aliphatic carbocycles. The van der Waals surface area contributed by atoms with Gasteiger partial charge in [0.2, 0.25) is 5.82 Å². The predicted molar refractivity (Wildman–Crippen MR) is 98.6 cm³/mol. The van der Waals surface area contributed by atoms with Gasteiger partial charge in [-0.25, -0.2) is 4.39 Å². The first kappa shape index (κ1) is 17.7. The van der Waals surface area contributed by atoms with E-state index in [9.17, 15) is 8.78 Å². The number of allylic oxidation sites excluding steroid dienone is 2. The van der Waals surface area contributed by atoms with Gasteiger partial charge in [-0.15, -0.1) is 0 Å². The number of ether oxygens (including phenoxy) is 1. The van der Waals surface area contributed by atoms with Gasteiger partial charge in [-0.05, 0) is 54.0 Å². The summed E-state index contributed by atoms with van der Waals surface area (Å²) in [7, 11) is 1.33. The monoisotopic (exact) mass is 342 g/mol. The van der Waals surface area contributed by atoms with E-state index in [1.54, 1.807) is 6.07 Å². The minimum Gasteiger partial charge on any atom is -0.494 e. The van der Waals surface area contributed by atoms with Crippen molar-refractivity contribution < 1.29 is 13.5 Å². The maximum absolute atomic E-state index is 14.2. The van der Waals surface area contributed by atoms with Crippen LogP contribution in [0.4, 0.5) is 8.78 Å². The Morgan fingerprint density at radius 3 is 2.32 bits per heavy atom. The van der Waals surface area contributed by atoms with Gasteiger partial charge in [-0.3, -0.25) is 0 Å². The second-order valence-corrected chi connectivity index (χ2v) is 6.68. The van der Waals surface area contributed by atoms with Crippen molar-refractivity contribution >= 4 is 5.57 Å². The second-order valence-electron chi connectivity index (χ2n) is 6.68. The molecule has 0 amide bonds. The summed E-state index contributed by atoms with van der Waals surface area (Å²) in [5, 5.41) is 0. The van der Waals surface area contributed by atoms with Crippen molar-refractivity contribution in [2.24, 2.45) is 5.92 Å². The molecule has 2 aromatic rings. The summed E-state index contributed by atoms with van der Waals surface area (Å²) >= 11 is 0. The van der Waals surface area contributed by atoms with Crippen LogP contribution in [0.5, 0.6) is 5.75 Å². The van der Waals surface area contributed by atoms with Crippen LogP contribution in [-0.2, 0) is 0 Å². The van der Waals surface area contributed by atoms with E-state index in [0.29, 0.717) is 5.56 Å². The van der Waals surface area contributed by atoms with Gasteiger partial charge in [0.25, 0.3) is 0 Å². The molecule has 0 aromatic heterocycles. The van der Waals surface area contributed by atoms with Crippen molar-refractivity contribution in [1.82, 2.24) is 0 Å². The van der Waals surface area contributed by atoms with Crippen molar-refractivity contribution in [3.05, 3.63) is 59.7 Å². The Bertz CT molecular complexity index is 762. The Labute approximate surface area is 148 Å². The molecule has 1 atom stereocenters. The Morgan fingerprint density at radius 1 is 1.00 bits per heavy atom. The van der Waals surface area contributed by atoms with Crippen LogP contribution in [0.1, 0.15) is 44.6 Å². The third-order valence-electron chi connectivity index (χ3n) is 5.05. The lowest BCUT2D eigenvalue weighted by Gasteiger charge is -2.21. The Kier molecular flexibility index (Phi) is 5.52. The van der Waals surface area contributed by atoms with E-state index >= 15 is 0 Å². The molecule has 0 heterocycles. The number of hydrogen-bond donors (Lipinski definition) is 0. The van der Waals surface area contributed by atoms with Crippen LogP contribution < -0.4 is 4.74 Å². The molecule has 1 aliphatic rings. The lowest BCUT2D eigenvalue weighted by Crippen LogP contribution is -2.05. The molecule has 3 rings (SSSR count). The molecule has 2 aromatic carbocycles. The van der Waals surface area contributed by atoms with Gasteiger partial charge in [0, 0.05) is 5.56 Å². The van der Waals surface area contributed by atoms with Crippen LogP contribution in [0.15, 0.2) is 42.5 Å². The molecule has 0 fully saturated rings. The van der Waals surface area contributed by atoms with E-state index in [1.165, 1.54) is 43.6 Å². The number of rotatable bonds is 5. The quantitative estimate of drug-likeness (QED) is 0.593. The van der Waals surface area contributed by atoms with Gasteiger partial charge >= 0.3 is 0 Å². The first-order valence-electron chi connectivity index (χ1n) is 8.95. The zero-order valence-corrected chi connectivity index (χ0v) is 14.8. The lowest BCUT2D eigenvalue weighted by atomic mass is 9.84. The standard InChI is InChI=1S/C22H24F2O/c1-3-4-15-5-7-16(8-6-15)17-9-11-18(12-10-17)19-13-14-20(25-2)22(24)21(19)23/h7,9-15H,3-6,8H2,1-2H3. The molecule has 0 saturated carbocycles. The Morgan fingerprint density at radius 2 is 1.72 bits per heavy atom. The average Bonchev–Trinajstić information content (AvgIpc) is 2.65. The van der Waals surface area contributed by atoms with E-state index in [-0.39, 0.29) is 11.3 Å². The van der Waals surface area contributed by atoms with Crippen molar-refractivity contribution in [2.75, 3.05) is 7.11 Å². The van der Waals surface area contributed by atoms with Crippen molar-refractivity contribution in [3.8, 4) is 16.9 Å². The normalized spacial score (nSPS) is 17.3. The van der Waals surface area contributed by atoms with Crippen molar-refractivity contribution in [2.45, 2.75) is 39.0 Å². The number of benzene rings is 2. The van der Waals surface area contributed by atoms with Gasteiger partial charge in [-0.2, -0.15) is 4.39 Å². The minimum absolute atomic E-state index is 0.0770. The van der Waals surface area contributed by atoms with Crippen LogP contribution >= 0.6 is 0 Å². The van der Waals surface area contributed by atoms with E-state index < -0.39 is 11.6 Å². The molecule has 0 N–H and O–H groups in total. The molecule has 3 heteroatoms.